The summed E-state index contributed by atoms with van der Waals surface area (Å²) >= 11 is 3.40. The van der Waals surface area contributed by atoms with Crippen LogP contribution in [0.3, 0.4) is 0 Å². The van der Waals surface area contributed by atoms with Crippen molar-refractivity contribution in [2.24, 2.45) is 11.8 Å². The van der Waals surface area contributed by atoms with Gasteiger partial charge in [0.2, 0.25) is 0 Å². The van der Waals surface area contributed by atoms with Crippen molar-refractivity contribution in [2.45, 2.75) is 25.7 Å². The van der Waals surface area contributed by atoms with Crippen LogP contribution in [0.5, 0.6) is 0 Å². The van der Waals surface area contributed by atoms with Crippen molar-refractivity contribution < 1.29 is 4.79 Å². The Morgan fingerprint density at radius 1 is 1.16 bits per heavy atom. The third-order valence-corrected chi connectivity index (χ3v) is 5.15. The number of benzene rings is 1. The predicted molar refractivity (Wildman–Crippen MR) is 80.4 cm³/mol. The largest absolute Gasteiger partial charge is 0.302 e. The highest BCUT2D eigenvalue weighted by Gasteiger charge is 2.35. The van der Waals surface area contributed by atoms with E-state index < -0.39 is 0 Å². The maximum atomic E-state index is 12.1. The zero-order valence-electron chi connectivity index (χ0n) is 11.1. The molecule has 3 heteroatoms. The summed E-state index contributed by atoms with van der Waals surface area (Å²) in [5.41, 5.74) is 0.836. The fourth-order valence-electron chi connectivity index (χ4n) is 3.55. The van der Waals surface area contributed by atoms with Crippen molar-refractivity contribution in [1.29, 1.82) is 0 Å². The van der Waals surface area contributed by atoms with E-state index >= 15 is 0 Å². The minimum atomic E-state index is 0.268. The molecule has 0 aromatic heterocycles. The molecule has 0 amide bonds. The van der Waals surface area contributed by atoms with E-state index in [1.165, 1.54) is 32.4 Å². The van der Waals surface area contributed by atoms with Gasteiger partial charge in [-0.05, 0) is 36.8 Å². The van der Waals surface area contributed by atoms with Gasteiger partial charge in [-0.25, -0.2) is 0 Å². The van der Waals surface area contributed by atoms with Crippen LogP contribution in [-0.2, 0) is 0 Å². The maximum absolute atomic E-state index is 12.1. The van der Waals surface area contributed by atoms with Crippen LogP contribution in [0.1, 0.15) is 36.0 Å². The molecule has 102 valence electrons. The second-order valence-electron chi connectivity index (χ2n) is 5.89. The first-order chi connectivity index (χ1) is 9.22. The molecule has 0 radical (unpaired) electrons. The Bertz CT molecular complexity index is 444. The van der Waals surface area contributed by atoms with E-state index in [1.807, 2.05) is 24.3 Å². The fourth-order valence-corrected chi connectivity index (χ4v) is 3.82. The Balaban J connectivity index is 1.50. The molecule has 2 fully saturated rings. The summed E-state index contributed by atoms with van der Waals surface area (Å²) in [6.07, 6.45) is 4.88. The first-order valence-electron chi connectivity index (χ1n) is 7.23. The zero-order chi connectivity index (χ0) is 13.2. The molecule has 19 heavy (non-hydrogen) atoms. The monoisotopic (exact) mass is 321 g/mol. The molecule has 1 saturated heterocycles. The maximum Gasteiger partial charge on any atom is 0.164 e. The van der Waals surface area contributed by atoms with Gasteiger partial charge in [-0.2, -0.15) is 0 Å². The minimum absolute atomic E-state index is 0.268. The summed E-state index contributed by atoms with van der Waals surface area (Å²) < 4.78 is 1.02. The standard InChI is InChI=1S/C16H20BrNO/c17-15-6-4-12(5-7-15)16(19)8-9-18-10-13-2-1-3-14(13)11-18/h4-7,13-14H,1-3,8-11H2. The molecule has 2 nitrogen and oxygen atoms in total. The predicted octanol–water partition coefficient (Wildman–Crippen LogP) is 3.75. The van der Waals surface area contributed by atoms with Crippen molar-refractivity contribution in [1.82, 2.24) is 4.90 Å². The lowest BCUT2D eigenvalue weighted by atomic mass is 10.0. The smallest absolute Gasteiger partial charge is 0.164 e. The number of ketones is 1. The van der Waals surface area contributed by atoms with E-state index in [2.05, 4.69) is 20.8 Å². The molecule has 1 heterocycles. The van der Waals surface area contributed by atoms with E-state index in [0.29, 0.717) is 6.42 Å². The summed E-state index contributed by atoms with van der Waals surface area (Å²) in [5.74, 6) is 2.11. The van der Waals surface area contributed by atoms with Gasteiger partial charge < -0.3 is 4.90 Å². The first kappa shape index (κ1) is 13.3. The van der Waals surface area contributed by atoms with Crippen molar-refractivity contribution in [3.05, 3.63) is 34.3 Å². The van der Waals surface area contributed by atoms with Crippen LogP contribution >= 0.6 is 15.9 Å². The van der Waals surface area contributed by atoms with Gasteiger partial charge in [-0.3, -0.25) is 4.79 Å². The number of nitrogens with zero attached hydrogens (tertiary/aromatic N) is 1. The molecule has 0 bridgehead atoms. The highest BCUT2D eigenvalue weighted by atomic mass is 79.9. The Morgan fingerprint density at radius 2 is 1.79 bits per heavy atom. The van der Waals surface area contributed by atoms with Crippen molar-refractivity contribution in [3.63, 3.8) is 0 Å². The third-order valence-electron chi connectivity index (χ3n) is 4.62. The Hall–Kier alpha value is -0.670. The molecule has 0 spiro atoms. The summed E-state index contributed by atoms with van der Waals surface area (Å²) in [6, 6.07) is 7.69. The summed E-state index contributed by atoms with van der Waals surface area (Å²) in [7, 11) is 0. The second kappa shape index (κ2) is 5.76. The quantitative estimate of drug-likeness (QED) is 0.787. The summed E-state index contributed by atoms with van der Waals surface area (Å²) in [6.45, 7) is 3.37. The molecule has 3 rings (SSSR count). The highest BCUT2D eigenvalue weighted by Crippen LogP contribution is 2.37. The lowest BCUT2D eigenvalue weighted by molar-refractivity contribution is 0.0967. The van der Waals surface area contributed by atoms with Crippen LogP contribution in [0, 0.1) is 11.8 Å². The molecule has 2 unspecified atom stereocenters. The Labute approximate surface area is 123 Å². The van der Waals surface area contributed by atoms with Gasteiger partial charge in [-0.15, -0.1) is 0 Å². The van der Waals surface area contributed by atoms with Crippen LogP contribution in [0.15, 0.2) is 28.7 Å². The topological polar surface area (TPSA) is 20.3 Å². The van der Waals surface area contributed by atoms with Crippen molar-refractivity contribution in [3.8, 4) is 0 Å². The molecular formula is C16H20BrNO. The van der Waals surface area contributed by atoms with E-state index in [1.54, 1.807) is 0 Å². The van der Waals surface area contributed by atoms with E-state index in [4.69, 9.17) is 0 Å². The number of carbonyl (C=O) groups is 1. The van der Waals surface area contributed by atoms with Gasteiger partial charge in [0.05, 0.1) is 0 Å². The molecular weight excluding hydrogens is 302 g/mol. The number of hydrogen-bond acceptors (Lipinski definition) is 2. The number of likely N-dealkylation sites (tertiary alicyclic amines) is 1. The highest BCUT2D eigenvalue weighted by molar-refractivity contribution is 9.10. The van der Waals surface area contributed by atoms with Gasteiger partial charge in [0.25, 0.3) is 0 Å². The first-order valence-corrected chi connectivity index (χ1v) is 8.03. The molecule has 2 aliphatic rings. The van der Waals surface area contributed by atoms with Crippen LogP contribution in [0.25, 0.3) is 0 Å². The van der Waals surface area contributed by atoms with Crippen LogP contribution < -0.4 is 0 Å². The number of Topliss-reactive ketones (excluding diaryl/α,β-unsaturated/α-hetero) is 1. The van der Waals surface area contributed by atoms with Crippen molar-refractivity contribution in [2.75, 3.05) is 19.6 Å². The fraction of sp³-hybridized carbons (Fsp3) is 0.562. The van der Waals surface area contributed by atoms with Gasteiger partial charge in [0.15, 0.2) is 5.78 Å². The third kappa shape index (κ3) is 3.09. The average Bonchev–Trinajstić information content (AvgIpc) is 2.97. The van der Waals surface area contributed by atoms with Crippen LogP contribution in [0.4, 0.5) is 0 Å². The normalized spacial score (nSPS) is 26.6. The molecule has 1 saturated carbocycles. The van der Waals surface area contributed by atoms with E-state index in [-0.39, 0.29) is 5.78 Å². The molecule has 1 aromatic carbocycles. The number of carbonyl (C=O) groups excluding carboxylic acids is 1. The lowest BCUT2D eigenvalue weighted by Crippen LogP contribution is -2.24. The average molecular weight is 322 g/mol. The van der Waals surface area contributed by atoms with Gasteiger partial charge in [-0.1, -0.05) is 34.5 Å². The Kier molecular flexibility index (Phi) is 4.04. The number of rotatable bonds is 4. The molecule has 1 aliphatic carbocycles. The molecule has 0 N–H and O–H groups in total. The van der Waals surface area contributed by atoms with Gasteiger partial charge >= 0.3 is 0 Å². The molecule has 1 aliphatic heterocycles. The summed E-state index contributed by atoms with van der Waals surface area (Å²) in [4.78, 5) is 14.6. The number of halogens is 1. The summed E-state index contributed by atoms with van der Waals surface area (Å²) in [5, 5.41) is 0. The zero-order valence-corrected chi connectivity index (χ0v) is 12.7. The lowest BCUT2D eigenvalue weighted by Gasteiger charge is -2.15. The van der Waals surface area contributed by atoms with E-state index in [9.17, 15) is 4.79 Å². The number of fused-ring (bicyclic) bond motifs is 1. The van der Waals surface area contributed by atoms with Crippen molar-refractivity contribution >= 4 is 21.7 Å². The number of hydrogen-bond donors (Lipinski definition) is 0. The molecule has 2 atom stereocenters. The van der Waals surface area contributed by atoms with Gasteiger partial charge in [0, 0.05) is 36.1 Å². The van der Waals surface area contributed by atoms with Gasteiger partial charge in [0.1, 0.15) is 0 Å². The van der Waals surface area contributed by atoms with Crippen LogP contribution in [-0.4, -0.2) is 30.3 Å². The second-order valence-corrected chi connectivity index (χ2v) is 6.81. The minimum Gasteiger partial charge on any atom is -0.302 e. The Morgan fingerprint density at radius 3 is 2.42 bits per heavy atom. The van der Waals surface area contributed by atoms with E-state index in [0.717, 1.165) is 28.4 Å². The SMILES string of the molecule is O=C(CCN1CC2CCCC2C1)c1ccc(Br)cc1. The van der Waals surface area contributed by atoms with Crippen LogP contribution in [0.2, 0.25) is 0 Å². The molecule has 1 aromatic rings.